The fourth-order valence-electron chi connectivity index (χ4n) is 1.42. The van der Waals surface area contributed by atoms with Crippen LogP contribution in [0.4, 0.5) is 13.2 Å². The summed E-state index contributed by atoms with van der Waals surface area (Å²) in [6.07, 6.45) is -3.44. The summed E-state index contributed by atoms with van der Waals surface area (Å²) < 4.78 is 37.8. The van der Waals surface area contributed by atoms with Crippen LogP contribution in [0.5, 0.6) is 0 Å². The Hall–Kier alpha value is -1.58. The first-order valence-corrected chi connectivity index (χ1v) is 5.25. The van der Waals surface area contributed by atoms with Crippen molar-refractivity contribution < 1.29 is 13.2 Å². The minimum Gasteiger partial charge on any atom is -0.277 e. The topological polar surface area (TPSA) is 12.4 Å². The van der Waals surface area contributed by atoms with Gasteiger partial charge >= 0.3 is 6.18 Å². The van der Waals surface area contributed by atoms with Gasteiger partial charge in [-0.2, -0.15) is 13.2 Å². The molecule has 1 aromatic carbocycles. The number of halogens is 3. The van der Waals surface area contributed by atoms with E-state index in [1.165, 1.54) is 6.08 Å². The van der Waals surface area contributed by atoms with Gasteiger partial charge in [-0.1, -0.05) is 36.4 Å². The number of hydrogen-bond donors (Lipinski definition) is 0. The molecule has 0 aromatic heterocycles. The van der Waals surface area contributed by atoms with Crippen LogP contribution in [0.25, 0.3) is 0 Å². The monoisotopic (exact) mass is 241 g/mol. The van der Waals surface area contributed by atoms with E-state index in [4.69, 9.17) is 0 Å². The van der Waals surface area contributed by atoms with Crippen molar-refractivity contribution in [2.24, 2.45) is 4.99 Å². The first-order chi connectivity index (χ1) is 7.95. The number of benzene rings is 1. The number of nitrogens with zero attached hydrogens (tertiary/aromatic N) is 1. The molecular weight excluding hydrogens is 227 g/mol. The van der Waals surface area contributed by atoms with Crippen molar-refractivity contribution in [3.8, 4) is 0 Å². The van der Waals surface area contributed by atoms with E-state index in [0.717, 1.165) is 5.56 Å². The van der Waals surface area contributed by atoms with Gasteiger partial charge in [-0.15, -0.1) is 6.58 Å². The van der Waals surface area contributed by atoms with Gasteiger partial charge in [0.15, 0.2) is 0 Å². The number of aliphatic imine (C=N–C) groups is 1. The van der Waals surface area contributed by atoms with Crippen molar-refractivity contribution >= 4 is 5.71 Å². The smallest absolute Gasteiger partial charge is 0.277 e. The van der Waals surface area contributed by atoms with Crippen LogP contribution in [0.3, 0.4) is 0 Å². The Morgan fingerprint density at radius 3 is 2.41 bits per heavy atom. The van der Waals surface area contributed by atoms with Gasteiger partial charge in [-0.05, 0) is 12.5 Å². The molecule has 1 aromatic rings. The van der Waals surface area contributed by atoms with Crippen molar-refractivity contribution in [2.75, 3.05) is 0 Å². The van der Waals surface area contributed by atoms with Gasteiger partial charge in [0.2, 0.25) is 0 Å². The van der Waals surface area contributed by atoms with Gasteiger partial charge in [-0.25, -0.2) is 0 Å². The maximum Gasteiger partial charge on any atom is 0.429 e. The Bertz CT molecular complexity index is 393. The van der Waals surface area contributed by atoms with Crippen molar-refractivity contribution in [2.45, 2.75) is 25.6 Å². The van der Waals surface area contributed by atoms with Gasteiger partial charge in [0.25, 0.3) is 0 Å². The Morgan fingerprint density at radius 2 is 1.94 bits per heavy atom. The molecule has 0 N–H and O–H groups in total. The van der Waals surface area contributed by atoms with Gasteiger partial charge in [0, 0.05) is 6.42 Å². The second-order valence-corrected chi connectivity index (χ2v) is 3.65. The molecule has 0 heterocycles. The molecule has 0 aliphatic rings. The van der Waals surface area contributed by atoms with E-state index in [2.05, 4.69) is 11.6 Å². The molecule has 1 atom stereocenters. The number of rotatable bonds is 4. The predicted molar refractivity (Wildman–Crippen MR) is 63.2 cm³/mol. The number of allylic oxidation sites excluding steroid dienone is 1. The third kappa shape index (κ3) is 4.06. The molecule has 0 saturated carbocycles. The highest BCUT2D eigenvalue weighted by atomic mass is 19.4. The molecule has 1 nitrogen and oxygen atoms in total. The Morgan fingerprint density at radius 1 is 1.35 bits per heavy atom. The average Bonchev–Trinajstić information content (AvgIpc) is 2.28. The summed E-state index contributed by atoms with van der Waals surface area (Å²) in [7, 11) is 0. The van der Waals surface area contributed by atoms with E-state index in [1.807, 2.05) is 6.07 Å². The van der Waals surface area contributed by atoms with Crippen molar-refractivity contribution in [1.29, 1.82) is 0 Å². The summed E-state index contributed by atoms with van der Waals surface area (Å²) in [5.41, 5.74) is -0.0258. The average molecular weight is 241 g/mol. The van der Waals surface area contributed by atoms with E-state index < -0.39 is 17.9 Å². The maximum absolute atomic E-state index is 12.6. The third-order valence-corrected chi connectivity index (χ3v) is 2.30. The lowest BCUT2D eigenvalue weighted by Gasteiger charge is -2.13. The van der Waals surface area contributed by atoms with E-state index in [0.29, 0.717) is 0 Å². The summed E-state index contributed by atoms with van der Waals surface area (Å²) in [6.45, 7) is 4.96. The first kappa shape index (κ1) is 13.5. The molecule has 0 amide bonds. The SMILES string of the molecule is C=CCC(=NC(C)c1ccccc1)C(F)(F)F. The second-order valence-electron chi connectivity index (χ2n) is 3.65. The molecule has 0 aliphatic carbocycles. The van der Waals surface area contributed by atoms with Crippen LogP contribution < -0.4 is 0 Å². The molecule has 0 aliphatic heterocycles. The summed E-state index contributed by atoms with van der Waals surface area (Å²) in [5.74, 6) is 0. The fraction of sp³-hybridized carbons (Fsp3) is 0.308. The summed E-state index contributed by atoms with van der Waals surface area (Å²) in [5, 5.41) is 0. The third-order valence-electron chi connectivity index (χ3n) is 2.30. The molecule has 1 unspecified atom stereocenters. The van der Waals surface area contributed by atoms with Crippen LogP contribution in [0, 0.1) is 0 Å². The van der Waals surface area contributed by atoms with Crippen LogP contribution in [0.2, 0.25) is 0 Å². The standard InChI is InChI=1S/C13H14F3N/c1-3-7-12(13(14,15)16)17-10(2)11-8-5-4-6-9-11/h3-6,8-10H,1,7H2,2H3. The highest BCUT2D eigenvalue weighted by molar-refractivity contribution is 5.91. The molecule has 0 saturated heterocycles. The zero-order valence-electron chi connectivity index (χ0n) is 9.54. The van der Waals surface area contributed by atoms with Gasteiger partial charge in [0.05, 0.1) is 6.04 Å². The minimum atomic E-state index is -4.39. The van der Waals surface area contributed by atoms with Crippen LogP contribution in [-0.4, -0.2) is 11.9 Å². The molecular formula is C13H14F3N. The molecule has 17 heavy (non-hydrogen) atoms. The van der Waals surface area contributed by atoms with E-state index >= 15 is 0 Å². The summed E-state index contributed by atoms with van der Waals surface area (Å²) in [4.78, 5) is 3.73. The predicted octanol–water partition coefficient (Wildman–Crippen LogP) is 4.33. The number of alkyl halides is 3. The molecule has 0 fully saturated rings. The van der Waals surface area contributed by atoms with Crippen molar-refractivity contribution in [3.63, 3.8) is 0 Å². The number of hydrogen-bond acceptors (Lipinski definition) is 1. The summed E-state index contributed by atoms with van der Waals surface area (Å²) >= 11 is 0. The van der Waals surface area contributed by atoms with Gasteiger partial charge in [-0.3, -0.25) is 4.99 Å². The zero-order chi connectivity index (χ0) is 12.9. The zero-order valence-corrected chi connectivity index (χ0v) is 9.54. The lowest BCUT2D eigenvalue weighted by atomic mass is 10.1. The van der Waals surface area contributed by atoms with Crippen LogP contribution in [-0.2, 0) is 0 Å². The van der Waals surface area contributed by atoms with Gasteiger partial charge in [0.1, 0.15) is 5.71 Å². The molecule has 0 bridgehead atoms. The normalized spacial score (nSPS) is 14.5. The second kappa shape index (κ2) is 5.66. The lowest BCUT2D eigenvalue weighted by Crippen LogP contribution is -2.23. The molecule has 92 valence electrons. The lowest BCUT2D eigenvalue weighted by molar-refractivity contribution is -0.0603. The van der Waals surface area contributed by atoms with Crippen LogP contribution >= 0.6 is 0 Å². The van der Waals surface area contributed by atoms with E-state index in [9.17, 15) is 13.2 Å². The van der Waals surface area contributed by atoms with Crippen molar-refractivity contribution in [3.05, 3.63) is 48.6 Å². The Balaban J connectivity index is 2.95. The molecule has 0 radical (unpaired) electrons. The highest BCUT2D eigenvalue weighted by Gasteiger charge is 2.34. The largest absolute Gasteiger partial charge is 0.429 e. The summed E-state index contributed by atoms with van der Waals surface area (Å²) in [6, 6.07) is 8.39. The maximum atomic E-state index is 12.6. The highest BCUT2D eigenvalue weighted by Crippen LogP contribution is 2.24. The van der Waals surface area contributed by atoms with Crippen LogP contribution in [0.15, 0.2) is 48.0 Å². The minimum absolute atomic E-state index is 0.263. The molecule has 1 rings (SSSR count). The van der Waals surface area contributed by atoms with E-state index in [-0.39, 0.29) is 6.42 Å². The fourth-order valence-corrected chi connectivity index (χ4v) is 1.42. The van der Waals surface area contributed by atoms with Crippen LogP contribution in [0.1, 0.15) is 24.9 Å². The Kier molecular flexibility index (Phi) is 4.49. The Labute approximate surface area is 98.7 Å². The molecule has 4 heteroatoms. The van der Waals surface area contributed by atoms with E-state index in [1.54, 1.807) is 31.2 Å². The first-order valence-electron chi connectivity index (χ1n) is 5.25. The van der Waals surface area contributed by atoms with Crippen molar-refractivity contribution in [1.82, 2.24) is 0 Å². The van der Waals surface area contributed by atoms with Gasteiger partial charge < -0.3 is 0 Å². The quantitative estimate of drug-likeness (QED) is 0.549. The molecule has 0 spiro atoms.